The number of hydrogen-bond acceptors (Lipinski definition) is 11. The molecule has 5 rings (SSSR count). The lowest BCUT2D eigenvalue weighted by Crippen LogP contribution is -2.58. The summed E-state index contributed by atoms with van der Waals surface area (Å²) in [4.78, 5) is 74.5. The van der Waals surface area contributed by atoms with Gasteiger partial charge in [0.15, 0.2) is 0 Å². The Bertz CT molecular complexity index is 2170. The number of esters is 1. The molecule has 0 saturated heterocycles. The van der Waals surface area contributed by atoms with Crippen molar-refractivity contribution in [2.45, 2.75) is 50.9 Å². The van der Waals surface area contributed by atoms with E-state index in [4.69, 9.17) is 10.5 Å². The van der Waals surface area contributed by atoms with Crippen molar-refractivity contribution in [2.75, 3.05) is 19.0 Å². The van der Waals surface area contributed by atoms with Gasteiger partial charge in [-0.15, -0.1) is 0 Å². The molecule has 2 heterocycles. The number of aliphatic hydroxyl groups excluding tert-OH is 1. The summed E-state index contributed by atoms with van der Waals surface area (Å²) in [6.45, 7) is 3.43. The first-order chi connectivity index (χ1) is 26.9. The van der Waals surface area contributed by atoms with Crippen molar-refractivity contribution < 1.29 is 33.8 Å². The van der Waals surface area contributed by atoms with Crippen LogP contribution in [0.25, 0.3) is 10.9 Å². The predicted molar refractivity (Wildman–Crippen MR) is 210 cm³/mol. The van der Waals surface area contributed by atoms with Crippen LogP contribution in [0.3, 0.4) is 0 Å². The molecule has 0 fully saturated rings. The summed E-state index contributed by atoms with van der Waals surface area (Å²) in [7, 11) is 1.23. The lowest BCUT2D eigenvalue weighted by Gasteiger charge is -2.33. The van der Waals surface area contributed by atoms with Crippen molar-refractivity contribution in [2.24, 2.45) is 5.73 Å². The number of para-hydroxylation sites is 2. The fourth-order valence-electron chi connectivity index (χ4n) is 5.90. The minimum Gasteiger partial charge on any atom is -0.465 e. The molecule has 5 aromatic rings. The molecule has 0 bridgehead atoms. The van der Waals surface area contributed by atoms with E-state index in [2.05, 4.69) is 31.3 Å². The Hall–Kier alpha value is -6.71. The number of fused-ring (bicyclic) bond motifs is 1. The number of amides is 4. The molecule has 3 atom stereocenters. The summed E-state index contributed by atoms with van der Waals surface area (Å²) in [5.41, 5.74) is 10.1. The van der Waals surface area contributed by atoms with Crippen LogP contribution in [0, 0.1) is 0 Å². The van der Waals surface area contributed by atoms with E-state index in [1.807, 2.05) is 42.5 Å². The third-order valence-corrected chi connectivity index (χ3v) is 8.83. The second-order valence-electron chi connectivity index (χ2n) is 13.2. The van der Waals surface area contributed by atoms with Crippen molar-refractivity contribution in [3.05, 3.63) is 132 Å². The monoisotopic (exact) mass is 760 g/mol. The number of aromatic nitrogens is 2. The van der Waals surface area contributed by atoms with Crippen molar-refractivity contribution in [1.82, 2.24) is 31.0 Å². The molecular weight excluding hydrogens is 716 g/mol. The van der Waals surface area contributed by atoms with Crippen molar-refractivity contribution in [3.63, 3.8) is 0 Å². The van der Waals surface area contributed by atoms with E-state index < -0.39 is 54.2 Å². The van der Waals surface area contributed by atoms with Gasteiger partial charge in [-0.1, -0.05) is 66.7 Å². The molecule has 15 heteroatoms. The predicted octanol–water partition coefficient (Wildman–Crippen LogP) is 3.28. The Morgan fingerprint density at radius 3 is 2.23 bits per heavy atom. The average Bonchev–Trinajstić information content (AvgIpc) is 3.20. The molecule has 0 aliphatic carbocycles. The van der Waals surface area contributed by atoms with E-state index >= 15 is 0 Å². The van der Waals surface area contributed by atoms with Crippen LogP contribution in [0.2, 0.25) is 0 Å². The Morgan fingerprint density at radius 2 is 1.54 bits per heavy atom. The summed E-state index contributed by atoms with van der Waals surface area (Å²) in [5, 5.41) is 22.5. The van der Waals surface area contributed by atoms with Crippen LogP contribution in [0.4, 0.5) is 11.5 Å². The molecule has 0 aliphatic heterocycles. The molecule has 56 heavy (non-hydrogen) atoms. The topological polar surface area (TPSA) is 218 Å². The molecule has 7 N–H and O–H groups in total. The number of nitrogens with one attached hydrogen (secondary N) is 4. The number of carbonyl (C=O) groups excluding carboxylic acids is 5. The maximum atomic E-state index is 13.9. The summed E-state index contributed by atoms with van der Waals surface area (Å²) >= 11 is 0. The summed E-state index contributed by atoms with van der Waals surface area (Å²) in [6, 6.07) is 26.5. The minimum absolute atomic E-state index is 0.0330. The number of anilines is 2. The van der Waals surface area contributed by atoms with Crippen molar-refractivity contribution in [1.29, 1.82) is 0 Å². The lowest BCUT2D eigenvalue weighted by atomic mass is 9.99. The standard InChI is InChI=1S/C41H44N8O7/c1-25(2)49(48-38(52)28-15-11-16-29(41(55)56-3)37(28)47-36-18-9-10-21-43-36)24-34(50)32(22-26-12-5-4-6-13-26)45-40(54)33(23-35(42)51)46-39(53)31-20-19-27-14-7-8-17-30(27)44-31/h4-21,25,32-34,50H,22-24H2,1-3H3,(H2,42,51)(H,43,47)(H,45,54)(H,46,53)(H,48,52)/t32-,33-,34+/m0/s1. The Morgan fingerprint density at radius 1 is 0.821 bits per heavy atom. The van der Waals surface area contributed by atoms with Gasteiger partial charge in [0.2, 0.25) is 11.8 Å². The number of rotatable bonds is 17. The van der Waals surface area contributed by atoms with E-state index in [1.54, 1.807) is 62.5 Å². The smallest absolute Gasteiger partial charge is 0.340 e. The quantitative estimate of drug-likeness (QED) is 0.0597. The number of nitrogens with two attached hydrogens (primary N) is 1. The maximum Gasteiger partial charge on any atom is 0.340 e. The first-order valence-electron chi connectivity index (χ1n) is 17.9. The Kier molecular flexibility index (Phi) is 13.8. The SMILES string of the molecule is COC(=O)c1cccc(C(=O)NN(C[C@@H](O)[C@H](Cc2ccccc2)NC(=O)[C@H](CC(N)=O)NC(=O)c2ccc3ccccc3n2)C(C)C)c1Nc1ccccn1. The number of hydrogen-bond donors (Lipinski definition) is 6. The number of pyridine rings is 2. The molecule has 0 aliphatic rings. The molecule has 290 valence electrons. The Labute approximate surface area is 323 Å². The van der Waals surface area contributed by atoms with Gasteiger partial charge in [-0.05, 0) is 62.2 Å². The number of hydrazine groups is 1. The molecule has 4 amide bonds. The number of nitrogens with zero attached hydrogens (tertiary/aromatic N) is 3. The van der Waals surface area contributed by atoms with Gasteiger partial charge < -0.3 is 31.5 Å². The fraction of sp³-hybridized carbons (Fsp3) is 0.244. The molecule has 3 aromatic carbocycles. The number of ether oxygens (including phenoxy) is 1. The first-order valence-corrected chi connectivity index (χ1v) is 17.9. The van der Waals surface area contributed by atoms with Gasteiger partial charge >= 0.3 is 5.97 Å². The molecular formula is C41H44N8O7. The largest absolute Gasteiger partial charge is 0.465 e. The van der Waals surface area contributed by atoms with E-state index in [0.29, 0.717) is 11.3 Å². The number of benzene rings is 3. The highest BCUT2D eigenvalue weighted by molar-refractivity contribution is 6.07. The zero-order valence-corrected chi connectivity index (χ0v) is 31.1. The third kappa shape index (κ3) is 10.7. The van der Waals surface area contributed by atoms with Crippen LogP contribution >= 0.6 is 0 Å². The molecule has 0 spiro atoms. The van der Waals surface area contributed by atoms with Crippen LogP contribution in [-0.4, -0.2) is 87.6 Å². The number of primary amides is 1. The van der Waals surface area contributed by atoms with Gasteiger partial charge in [-0.2, -0.15) is 0 Å². The van der Waals surface area contributed by atoms with Gasteiger partial charge in [0.25, 0.3) is 11.8 Å². The van der Waals surface area contributed by atoms with Crippen LogP contribution < -0.4 is 27.1 Å². The maximum absolute atomic E-state index is 13.9. The number of aliphatic hydroxyl groups is 1. The molecule has 2 aromatic heterocycles. The Balaban J connectivity index is 1.37. The zero-order valence-electron chi connectivity index (χ0n) is 31.1. The second-order valence-corrected chi connectivity index (χ2v) is 13.2. The molecule has 0 saturated carbocycles. The second kappa shape index (κ2) is 19.1. The number of methoxy groups -OCH3 is 1. The first kappa shape index (κ1) is 40.5. The highest BCUT2D eigenvalue weighted by atomic mass is 16.5. The van der Waals surface area contributed by atoms with E-state index in [0.717, 1.165) is 10.9 Å². The minimum atomic E-state index is -1.40. The lowest BCUT2D eigenvalue weighted by molar-refractivity contribution is -0.128. The average molecular weight is 761 g/mol. The van der Waals surface area contributed by atoms with Gasteiger partial charge in [0.1, 0.15) is 17.6 Å². The highest BCUT2D eigenvalue weighted by Crippen LogP contribution is 2.26. The molecule has 15 nitrogen and oxygen atoms in total. The molecule has 0 unspecified atom stereocenters. The fourth-order valence-corrected chi connectivity index (χ4v) is 5.90. The van der Waals surface area contributed by atoms with Crippen molar-refractivity contribution in [3.8, 4) is 0 Å². The van der Waals surface area contributed by atoms with Gasteiger partial charge in [0, 0.05) is 24.2 Å². The number of carbonyl (C=O) groups is 5. The normalized spacial score (nSPS) is 12.7. The highest BCUT2D eigenvalue weighted by Gasteiger charge is 2.31. The van der Waals surface area contributed by atoms with Gasteiger partial charge in [-0.3, -0.25) is 24.6 Å². The zero-order chi connectivity index (χ0) is 40.2. The molecule has 0 radical (unpaired) electrons. The van der Waals surface area contributed by atoms with E-state index in [9.17, 15) is 29.1 Å². The third-order valence-electron chi connectivity index (χ3n) is 8.83. The van der Waals surface area contributed by atoms with Crippen molar-refractivity contribution >= 4 is 52.0 Å². The van der Waals surface area contributed by atoms with Crippen LogP contribution in [0.5, 0.6) is 0 Å². The van der Waals surface area contributed by atoms with Gasteiger partial charge in [-0.25, -0.2) is 19.8 Å². The van der Waals surface area contributed by atoms with E-state index in [-0.39, 0.29) is 41.5 Å². The van der Waals surface area contributed by atoms with Crippen LogP contribution in [0.15, 0.2) is 109 Å². The summed E-state index contributed by atoms with van der Waals surface area (Å²) in [6.07, 6.45) is -0.119. The van der Waals surface area contributed by atoms with Crippen LogP contribution in [0.1, 0.15) is 57.0 Å². The van der Waals surface area contributed by atoms with E-state index in [1.165, 1.54) is 30.3 Å². The summed E-state index contributed by atoms with van der Waals surface area (Å²) in [5.74, 6) is -3.19. The van der Waals surface area contributed by atoms with Crippen LogP contribution in [-0.2, 0) is 20.7 Å². The van der Waals surface area contributed by atoms with Gasteiger partial charge in [0.05, 0.1) is 48.0 Å². The summed E-state index contributed by atoms with van der Waals surface area (Å²) < 4.78 is 4.96.